The maximum absolute atomic E-state index is 6.39. The number of nitrogens with zero attached hydrogens (tertiary/aromatic N) is 3. The van der Waals surface area contributed by atoms with Crippen LogP contribution in [0.5, 0.6) is 0 Å². The fraction of sp³-hybridized carbons (Fsp3) is 0.261. The molecule has 7 heteroatoms. The summed E-state index contributed by atoms with van der Waals surface area (Å²) in [6, 6.07) is 15.0. The van der Waals surface area contributed by atoms with Gasteiger partial charge in [0, 0.05) is 41.0 Å². The van der Waals surface area contributed by atoms with Gasteiger partial charge in [0.25, 0.3) is 0 Å². The fourth-order valence-electron chi connectivity index (χ4n) is 4.09. The molecule has 1 aliphatic heterocycles. The van der Waals surface area contributed by atoms with Crippen molar-refractivity contribution in [3.05, 3.63) is 66.1 Å². The zero-order valence-corrected chi connectivity index (χ0v) is 16.9. The van der Waals surface area contributed by atoms with E-state index in [4.69, 9.17) is 10.7 Å². The number of nitrogens with two attached hydrogens (primary N) is 1. The maximum atomic E-state index is 6.39. The molecule has 2 atom stereocenters. The van der Waals surface area contributed by atoms with Crippen molar-refractivity contribution in [3.8, 4) is 11.3 Å². The number of aryl methyl sites for hydroxylation is 1. The van der Waals surface area contributed by atoms with Gasteiger partial charge < -0.3 is 16.4 Å². The van der Waals surface area contributed by atoms with Crippen molar-refractivity contribution in [3.63, 3.8) is 0 Å². The molecule has 4 aromatic rings. The van der Waals surface area contributed by atoms with Gasteiger partial charge in [-0.3, -0.25) is 10.1 Å². The van der Waals surface area contributed by atoms with Gasteiger partial charge in [-0.2, -0.15) is 5.10 Å². The lowest BCUT2D eigenvalue weighted by Crippen LogP contribution is -2.35. The Morgan fingerprint density at radius 1 is 1.20 bits per heavy atom. The first kappa shape index (κ1) is 18.6. The number of anilines is 2. The van der Waals surface area contributed by atoms with Crippen molar-refractivity contribution in [2.75, 3.05) is 17.2 Å². The van der Waals surface area contributed by atoms with Crippen molar-refractivity contribution < 1.29 is 0 Å². The van der Waals surface area contributed by atoms with Gasteiger partial charge in [0.15, 0.2) is 0 Å². The molecule has 0 spiro atoms. The fourth-order valence-corrected chi connectivity index (χ4v) is 4.09. The third-order valence-corrected chi connectivity index (χ3v) is 5.65. The first-order chi connectivity index (χ1) is 14.7. The Balaban J connectivity index is 1.22. The quantitative estimate of drug-likeness (QED) is 0.396. The van der Waals surface area contributed by atoms with E-state index in [9.17, 15) is 0 Å². The molecule has 2 aromatic carbocycles. The van der Waals surface area contributed by atoms with Crippen molar-refractivity contribution >= 4 is 22.4 Å². The van der Waals surface area contributed by atoms with Gasteiger partial charge in [-0.05, 0) is 43.5 Å². The molecule has 0 fully saturated rings. The molecule has 5 N–H and O–H groups in total. The molecule has 3 heterocycles. The first-order valence-electron chi connectivity index (χ1n) is 10.3. The molecule has 0 saturated carbocycles. The van der Waals surface area contributed by atoms with E-state index in [0.29, 0.717) is 12.6 Å². The average molecular weight is 400 g/mol. The number of rotatable bonds is 6. The Labute approximate surface area is 175 Å². The predicted octanol–water partition coefficient (Wildman–Crippen LogP) is 3.49. The van der Waals surface area contributed by atoms with Gasteiger partial charge in [-0.15, -0.1) is 0 Å². The predicted molar refractivity (Wildman–Crippen MR) is 120 cm³/mol. The van der Waals surface area contributed by atoms with E-state index in [2.05, 4.69) is 56.1 Å². The van der Waals surface area contributed by atoms with E-state index in [1.807, 2.05) is 19.1 Å². The smallest absolute Gasteiger partial charge is 0.145 e. The summed E-state index contributed by atoms with van der Waals surface area (Å²) in [4.78, 5) is 9.08. The third-order valence-electron chi connectivity index (χ3n) is 5.65. The van der Waals surface area contributed by atoms with Gasteiger partial charge in [0.2, 0.25) is 0 Å². The Hall–Kier alpha value is -3.45. The number of hydrogen-bond donors (Lipinski definition) is 4. The molecule has 30 heavy (non-hydrogen) atoms. The lowest BCUT2D eigenvalue weighted by atomic mass is 10.0. The molecule has 5 rings (SSSR count). The monoisotopic (exact) mass is 399 g/mol. The van der Waals surface area contributed by atoms with Gasteiger partial charge in [0.1, 0.15) is 5.82 Å². The van der Waals surface area contributed by atoms with Crippen LogP contribution >= 0.6 is 0 Å². The standard InChI is InChI=1S/C23H25N7/c1-14-19-9-16(6-7-21(19)30-29-14)22-12-25-13-23(28-22)26-11-17(24)10-18-8-15-4-2-3-5-20(15)27-18/h2-7,9,12-13,17-18,27H,8,10-11,24H2,1H3,(H,26,28)(H,29,30). The van der Waals surface area contributed by atoms with E-state index < -0.39 is 0 Å². The van der Waals surface area contributed by atoms with Crippen LogP contribution < -0.4 is 16.4 Å². The highest BCUT2D eigenvalue weighted by molar-refractivity contribution is 5.85. The second-order valence-corrected chi connectivity index (χ2v) is 7.95. The van der Waals surface area contributed by atoms with Crippen LogP contribution in [-0.4, -0.2) is 38.8 Å². The topological polar surface area (TPSA) is 105 Å². The molecule has 0 aliphatic carbocycles. The number of aromatic nitrogens is 4. The molecule has 152 valence electrons. The van der Waals surface area contributed by atoms with Crippen molar-refractivity contribution in [2.24, 2.45) is 5.73 Å². The molecular weight excluding hydrogens is 374 g/mol. The molecule has 2 unspecified atom stereocenters. The van der Waals surface area contributed by atoms with Crippen molar-refractivity contribution in [2.45, 2.75) is 31.8 Å². The van der Waals surface area contributed by atoms with E-state index in [-0.39, 0.29) is 6.04 Å². The minimum absolute atomic E-state index is 0.0206. The number of nitrogens with one attached hydrogen (secondary N) is 3. The van der Waals surface area contributed by atoms with Crippen molar-refractivity contribution in [1.82, 2.24) is 20.2 Å². The molecule has 2 aromatic heterocycles. The van der Waals surface area contributed by atoms with Crippen LogP contribution in [0.25, 0.3) is 22.2 Å². The summed E-state index contributed by atoms with van der Waals surface area (Å²) in [6.45, 7) is 2.66. The minimum Gasteiger partial charge on any atom is -0.382 e. The Morgan fingerprint density at radius 2 is 2.10 bits per heavy atom. The molecule has 0 saturated heterocycles. The lowest BCUT2D eigenvalue weighted by Gasteiger charge is -2.18. The van der Waals surface area contributed by atoms with Crippen LogP contribution in [-0.2, 0) is 6.42 Å². The summed E-state index contributed by atoms with van der Waals surface area (Å²) in [5, 5.41) is 15.3. The second-order valence-electron chi connectivity index (χ2n) is 7.95. The van der Waals surface area contributed by atoms with E-state index >= 15 is 0 Å². The van der Waals surface area contributed by atoms with Crippen LogP contribution in [0.2, 0.25) is 0 Å². The molecular formula is C23H25N7. The number of fused-ring (bicyclic) bond motifs is 2. The highest BCUT2D eigenvalue weighted by Gasteiger charge is 2.22. The van der Waals surface area contributed by atoms with E-state index in [0.717, 1.165) is 46.5 Å². The lowest BCUT2D eigenvalue weighted by molar-refractivity contribution is 0.569. The highest BCUT2D eigenvalue weighted by atomic mass is 15.1. The highest BCUT2D eigenvalue weighted by Crippen LogP contribution is 2.27. The first-order valence-corrected chi connectivity index (χ1v) is 10.3. The number of para-hydroxylation sites is 1. The molecule has 7 nitrogen and oxygen atoms in total. The number of hydrogen-bond acceptors (Lipinski definition) is 6. The van der Waals surface area contributed by atoms with E-state index in [1.54, 1.807) is 12.4 Å². The minimum atomic E-state index is 0.0206. The molecule has 0 radical (unpaired) electrons. The van der Waals surface area contributed by atoms with Gasteiger partial charge in [-0.25, -0.2) is 4.98 Å². The average Bonchev–Trinajstić information content (AvgIpc) is 3.35. The second kappa shape index (κ2) is 7.76. The summed E-state index contributed by atoms with van der Waals surface area (Å²) < 4.78 is 0. The third kappa shape index (κ3) is 3.71. The van der Waals surface area contributed by atoms with Crippen LogP contribution in [0.1, 0.15) is 17.7 Å². The summed E-state index contributed by atoms with van der Waals surface area (Å²) in [6.07, 6.45) is 5.43. The summed E-state index contributed by atoms with van der Waals surface area (Å²) >= 11 is 0. The van der Waals surface area contributed by atoms with Crippen LogP contribution in [0.3, 0.4) is 0 Å². The largest absolute Gasteiger partial charge is 0.382 e. The summed E-state index contributed by atoms with van der Waals surface area (Å²) in [5.41, 5.74) is 12.8. The van der Waals surface area contributed by atoms with Crippen LogP contribution in [0.4, 0.5) is 11.5 Å². The SMILES string of the molecule is Cc1[nH]nc2ccc(-c3cncc(NCC(N)CC4Cc5ccccc5N4)n3)cc12. The van der Waals surface area contributed by atoms with Gasteiger partial charge in [-0.1, -0.05) is 24.3 Å². The Morgan fingerprint density at radius 3 is 3.00 bits per heavy atom. The normalized spacial score (nSPS) is 16.3. The maximum Gasteiger partial charge on any atom is 0.145 e. The van der Waals surface area contributed by atoms with Crippen molar-refractivity contribution in [1.29, 1.82) is 0 Å². The number of benzene rings is 2. The molecule has 0 bridgehead atoms. The number of H-pyrrole nitrogens is 1. The van der Waals surface area contributed by atoms with E-state index in [1.165, 1.54) is 11.3 Å². The molecule has 1 aliphatic rings. The molecule has 0 amide bonds. The van der Waals surface area contributed by atoms with Gasteiger partial charge >= 0.3 is 0 Å². The summed E-state index contributed by atoms with van der Waals surface area (Å²) in [5.74, 6) is 0.731. The Kier molecular flexibility index (Phi) is 4.80. The zero-order chi connectivity index (χ0) is 20.5. The zero-order valence-electron chi connectivity index (χ0n) is 16.9. The van der Waals surface area contributed by atoms with Gasteiger partial charge in [0.05, 0.1) is 23.6 Å². The van der Waals surface area contributed by atoms with Crippen LogP contribution in [0.15, 0.2) is 54.9 Å². The summed E-state index contributed by atoms with van der Waals surface area (Å²) in [7, 11) is 0. The Bertz CT molecular complexity index is 1160. The van der Waals surface area contributed by atoms with Crippen LogP contribution in [0, 0.1) is 6.92 Å². The number of aromatic amines is 1.